The minimum atomic E-state index is -4.09. The molecule has 0 aromatic heterocycles. The molecule has 0 fully saturated rings. The first-order valence-corrected chi connectivity index (χ1v) is 16.7. The summed E-state index contributed by atoms with van der Waals surface area (Å²) >= 11 is 0. The van der Waals surface area contributed by atoms with Gasteiger partial charge in [0.05, 0.1) is 15.9 Å². The summed E-state index contributed by atoms with van der Waals surface area (Å²) in [6, 6.07) is 0. The average Bonchev–Trinajstić information content (AvgIpc) is 2.80. The van der Waals surface area contributed by atoms with Crippen LogP contribution in [0.25, 0.3) is 0 Å². The summed E-state index contributed by atoms with van der Waals surface area (Å²) < 4.78 is 31.4. The van der Waals surface area contributed by atoms with Crippen molar-refractivity contribution in [3.8, 4) is 0 Å². The van der Waals surface area contributed by atoms with Crippen molar-refractivity contribution in [2.45, 2.75) is 174 Å². The first kappa shape index (κ1) is 37.8. The van der Waals surface area contributed by atoms with Gasteiger partial charge >= 0.3 is 29.6 Å². The van der Waals surface area contributed by atoms with Crippen molar-refractivity contribution in [3.05, 3.63) is 12.2 Å². The van der Waals surface area contributed by atoms with Crippen LogP contribution in [0.4, 0.5) is 0 Å². The molecule has 0 aromatic carbocycles. The van der Waals surface area contributed by atoms with Gasteiger partial charge in [0.1, 0.15) is 0 Å². The summed E-state index contributed by atoms with van der Waals surface area (Å²) in [5, 5.41) is 0. The zero-order valence-electron chi connectivity index (χ0n) is 23.9. The van der Waals surface area contributed by atoms with Gasteiger partial charge < -0.3 is 4.55 Å². The van der Waals surface area contributed by atoms with Crippen molar-refractivity contribution in [1.29, 1.82) is 0 Å². The standard InChI is InChI=1S/C30H60O3S.Na/c1-2-3-4-5-6-7-8-9-10-11-12-13-14-15-16-17-18-19-20-21-22-23-24-25-26-27-28-29-30-34(31,32)33;/h28-29H,2-27,30H2,1H3,(H,31,32,33);/q;+1/p-1/b29-28+;. The van der Waals surface area contributed by atoms with Crippen LogP contribution >= 0.6 is 0 Å². The minimum Gasteiger partial charge on any atom is -0.748 e. The van der Waals surface area contributed by atoms with Crippen LogP contribution in [-0.4, -0.2) is 18.7 Å². The molecular formula is C30H59NaO3S. The van der Waals surface area contributed by atoms with E-state index in [1.54, 1.807) is 0 Å². The van der Waals surface area contributed by atoms with Crippen molar-refractivity contribution in [1.82, 2.24) is 0 Å². The van der Waals surface area contributed by atoms with Crippen LogP contribution in [0.5, 0.6) is 0 Å². The van der Waals surface area contributed by atoms with Gasteiger partial charge in [0.15, 0.2) is 0 Å². The smallest absolute Gasteiger partial charge is 0.748 e. The summed E-state index contributed by atoms with van der Waals surface area (Å²) in [6.45, 7) is 2.29. The average molecular weight is 523 g/mol. The van der Waals surface area contributed by atoms with Gasteiger partial charge in [-0.1, -0.05) is 173 Å². The summed E-state index contributed by atoms with van der Waals surface area (Å²) in [4.78, 5) is 0. The molecule has 204 valence electrons. The van der Waals surface area contributed by atoms with Crippen LogP contribution in [0, 0.1) is 0 Å². The summed E-state index contributed by atoms with van der Waals surface area (Å²) in [7, 11) is -4.09. The van der Waals surface area contributed by atoms with E-state index in [0.29, 0.717) is 0 Å². The van der Waals surface area contributed by atoms with Crippen LogP contribution in [-0.2, 0) is 10.1 Å². The zero-order valence-corrected chi connectivity index (χ0v) is 26.7. The second-order valence-corrected chi connectivity index (χ2v) is 11.9. The Morgan fingerprint density at radius 3 is 0.971 bits per heavy atom. The van der Waals surface area contributed by atoms with Gasteiger partial charge in [0.2, 0.25) is 0 Å². The third-order valence-electron chi connectivity index (χ3n) is 6.94. The molecule has 5 heteroatoms. The Hall–Kier alpha value is 0.650. The van der Waals surface area contributed by atoms with Gasteiger partial charge in [0.25, 0.3) is 0 Å². The van der Waals surface area contributed by atoms with Crippen molar-refractivity contribution >= 4 is 10.1 Å². The van der Waals surface area contributed by atoms with Crippen LogP contribution < -0.4 is 29.6 Å². The molecule has 0 saturated carbocycles. The van der Waals surface area contributed by atoms with Crippen molar-refractivity contribution in [3.63, 3.8) is 0 Å². The monoisotopic (exact) mass is 522 g/mol. The quantitative estimate of drug-likeness (QED) is 0.0470. The van der Waals surface area contributed by atoms with Crippen molar-refractivity contribution in [2.75, 3.05) is 5.75 Å². The van der Waals surface area contributed by atoms with Crippen molar-refractivity contribution in [2.24, 2.45) is 0 Å². The van der Waals surface area contributed by atoms with E-state index in [1.165, 1.54) is 160 Å². The number of unbranched alkanes of at least 4 members (excludes halogenated alkanes) is 25. The van der Waals surface area contributed by atoms with Crippen LogP contribution in [0.3, 0.4) is 0 Å². The molecule has 0 radical (unpaired) electrons. The molecule has 0 heterocycles. The molecule has 0 aliphatic rings. The number of allylic oxidation sites excluding steroid dienone is 1. The fraction of sp³-hybridized carbons (Fsp3) is 0.933. The van der Waals surface area contributed by atoms with Crippen molar-refractivity contribution < 1.29 is 42.5 Å². The maximum atomic E-state index is 10.5. The Kier molecular flexibility index (Phi) is 33.3. The summed E-state index contributed by atoms with van der Waals surface area (Å²) in [6.07, 6.45) is 39.2. The molecule has 0 unspecified atom stereocenters. The van der Waals surface area contributed by atoms with Crippen LogP contribution in [0.2, 0.25) is 0 Å². The Morgan fingerprint density at radius 2 is 0.714 bits per heavy atom. The van der Waals surface area contributed by atoms with Crippen LogP contribution in [0.15, 0.2) is 12.2 Å². The molecule has 0 aliphatic carbocycles. The van der Waals surface area contributed by atoms with Crippen LogP contribution in [0.1, 0.15) is 174 Å². The van der Waals surface area contributed by atoms with E-state index in [1.807, 2.05) is 6.08 Å². The van der Waals surface area contributed by atoms with Gasteiger partial charge in [0, 0.05) is 0 Å². The SMILES string of the molecule is CCCCCCCCCCCCCCCCCCCCCCCCCCC/C=C/CS(=O)(=O)[O-].[Na+]. The predicted molar refractivity (Wildman–Crippen MR) is 149 cm³/mol. The Balaban J connectivity index is 0. The molecule has 0 spiro atoms. The third kappa shape index (κ3) is 36.9. The van der Waals surface area contributed by atoms with Gasteiger partial charge in [-0.15, -0.1) is 0 Å². The van der Waals surface area contributed by atoms with E-state index >= 15 is 0 Å². The molecule has 0 atom stereocenters. The number of hydrogen-bond acceptors (Lipinski definition) is 3. The molecule has 0 N–H and O–H groups in total. The molecule has 0 bridgehead atoms. The molecule has 0 aromatic rings. The van der Waals surface area contributed by atoms with Gasteiger partial charge in [-0.3, -0.25) is 0 Å². The second kappa shape index (κ2) is 30.9. The first-order chi connectivity index (χ1) is 16.6. The Labute approximate surface area is 243 Å². The fourth-order valence-electron chi connectivity index (χ4n) is 4.71. The van der Waals surface area contributed by atoms with E-state index < -0.39 is 10.1 Å². The third-order valence-corrected chi connectivity index (χ3v) is 7.54. The Morgan fingerprint density at radius 1 is 0.457 bits per heavy atom. The van der Waals surface area contributed by atoms with Gasteiger partial charge in [-0.2, -0.15) is 0 Å². The van der Waals surface area contributed by atoms with E-state index in [9.17, 15) is 13.0 Å². The number of rotatable bonds is 28. The molecule has 3 nitrogen and oxygen atoms in total. The fourth-order valence-corrected chi connectivity index (χ4v) is 5.08. The molecular weight excluding hydrogens is 463 g/mol. The van der Waals surface area contributed by atoms with E-state index in [0.717, 1.165) is 12.8 Å². The van der Waals surface area contributed by atoms with Gasteiger partial charge in [-0.25, -0.2) is 8.42 Å². The maximum absolute atomic E-state index is 10.5. The maximum Gasteiger partial charge on any atom is 1.00 e. The van der Waals surface area contributed by atoms with E-state index in [4.69, 9.17) is 0 Å². The molecule has 0 saturated heterocycles. The number of hydrogen-bond donors (Lipinski definition) is 0. The first-order valence-electron chi connectivity index (χ1n) is 15.1. The normalized spacial score (nSPS) is 11.8. The predicted octanol–water partition coefficient (Wildman–Crippen LogP) is 7.25. The van der Waals surface area contributed by atoms with E-state index in [2.05, 4.69) is 6.92 Å². The molecule has 0 aliphatic heterocycles. The topological polar surface area (TPSA) is 57.2 Å². The van der Waals surface area contributed by atoms with E-state index in [-0.39, 0.29) is 35.3 Å². The summed E-state index contributed by atoms with van der Waals surface area (Å²) in [5.74, 6) is -0.369. The Bertz CT molecular complexity index is 520. The molecule has 35 heavy (non-hydrogen) atoms. The molecule has 0 rings (SSSR count). The minimum absolute atomic E-state index is 0. The second-order valence-electron chi connectivity index (χ2n) is 10.5. The largest absolute Gasteiger partial charge is 1.00 e. The zero-order chi connectivity index (χ0) is 25.0. The molecule has 0 amide bonds. The van der Waals surface area contributed by atoms with Gasteiger partial charge in [-0.05, 0) is 12.8 Å². The summed E-state index contributed by atoms with van der Waals surface area (Å²) in [5.41, 5.74) is 0.